The van der Waals surface area contributed by atoms with Crippen LogP contribution < -0.4 is 5.32 Å². The van der Waals surface area contributed by atoms with E-state index in [1.807, 2.05) is 0 Å². The van der Waals surface area contributed by atoms with E-state index in [4.69, 9.17) is 0 Å². The molecule has 0 fully saturated rings. The first-order valence-corrected chi connectivity index (χ1v) is 8.15. The number of hydrogen-bond acceptors (Lipinski definition) is 5. The van der Waals surface area contributed by atoms with Crippen molar-refractivity contribution in [2.45, 2.75) is 31.4 Å². The van der Waals surface area contributed by atoms with Crippen LogP contribution in [0.25, 0.3) is 0 Å². The van der Waals surface area contributed by atoms with Gasteiger partial charge in [-0.15, -0.1) is 11.8 Å². The molecule has 0 saturated carbocycles. The molecule has 3 nitrogen and oxygen atoms in total. The van der Waals surface area contributed by atoms with Crippen LogP contribution in [0.15, 0.2) is 29.2 Å². The van der Waals surface area contributed by atoms with E-state index in [0.717, 1.165) is 23.3 Å². The van der Waals surface area contributed by atoms with Gasteiger partial charge in [0.25, 0.3) is 0 Å². The summed E-state index contributed by atoms with van der Waals surface area (Å²) in [6.45, 7) is 7.42. The van der Waals surface area contributed by atoms with Crippen molar-refractivity contribution in [3.8, 4) is 0 Å². The molecule has 0 unspecified atom stereocenters. The van der Waals surface area contributed by atoms with Gasteiger partial charge < -0.3 is 5.32 Å². The summed E-state index contributed by atoms with van der Waals surface area (Å²) < 4.78 is 4.38. The molecule has 0 aliphatic carbocycles. The van der Waals surface area contributed by atoms with Crippen molar-refractivity contribution in [3.05, 3.63) is 35.7 Å². The molecule has 0 spiro atoms. The van der Waals surface area contributed by atoms with E-state index in [9.17, 15) is 0 Å². The molecule has 1 heterocycles. The molecule has 0 saturated heterocycles. The van der Waals surface area contributed by atoms with Crippen LogP contribution in [0.5, 0.6) is 0 Å². The average Bonchev–Trinajstić information content (AvgIpc) is 2.82. The highest BCUT2D eigenvalue weighted by Crippen LogP contribution is 2.23. The molecule has 1 N–H and O–H groups in total. The summed E-state index contributed by atoms with van der Waals surface area (Å²) in [4.78, 5) is 5.77. The second-order valence-electron chi connectivity index (χ2n) is 4.90. The van der Waals surface area contributed by atoms with Gasteiger partial charge in [0, 0.05) is 23.0 Å². The minimum Gasteiger partial charge on any atom is -0.360 e. The van der Waals surface area contributed by atoms with Crippen molar-refractivity contribution in [1.29, 1.82) is 0 Å². The monoisotopic (exact) mass is 293 g/mol. The number of thioether (sulfide) groups is 1. The number of anilines is 1. The quantitative estimate of drug-likeness (QED) is 0.810. The third-order valence-corrected chi connectivity index (χ3v) is 4.19. The summed E-state index contributed by atoms with van der Waals surface area (Å²) >= 11 is 3.22. The lowest BCUT2D eigenvalue weighted by Gasteiger charge is -2.03. The van der Waals surface area contributed by atoms with Gasteiger partial charge in [0.05, 0.1) is 5.75 Å². The number of nitrogens with zero attached hydrogens (tertiary/aromatic N) is 2. The predicted octanol–water partition coefficient (Wildman–Crippen LogP) is 4.21. The highest BCUT2D eigenvalue weighted by molar-refractivity contribution is 7.98. The van der Waals surface area contributed by atoms with Crippen molar-refractivity contribution in [3.63, 3.8) is 0 Å². The van der Waals surface area contributed by atoms with Gasteiger partial charge in [-0.1, -0.05) is 31.5 Å². The molecule has 2 aromatic rings. The third-order valence-electron chi connectivity index (χ3n) is 2.49. The van der Waals surface area contributed by atoms with Gasteiger partial charge in [-0.2, -0.15) is 4.37 Å². The Morgan fingerprint density at radius 3 is 2.95 bits per heavy atom. The molecule has 5 heteroatoms. The highest BCUT2D eigenvalue weighted by atomic mass is 32.2. The summed E-state index contributed by atoms with van der Waals surface area (Å²) in [5, 5.41) is 4.23. The molecule has 0 atom stereocenters. The molecule has 0 aliphatic heterocycles. The van der Waals surface area contributed by atoms with Crippen LogP contribution in [0.2, 0.25) is 0 Å². The topological polar surface area (TPSA) is 37.8 Å². The maximum Gasteiger partial charge on any atom is 0.202 e. The van der Waals surface area contributed by atoms with Crippen molar-refractivity contribution < 1.29 is 0 Å². The third kappa shape index (κ3) is 4.84. The maximum absolute atomic E-state index is 4.50. The second-order valence-corrected chi connectivity index (χ2v) is 6.70. The minimum atomic E-state index is 0.619. The zero-order chi connectivity index (χ0) is 13.7. The summed E-state index contributed by atoms with van der Waals surface area (Å²) in [6.07, 6.45) is 0. The van der Waals surface area contributed by atoms with Gasteiger partial charge in [-0.05, 0) is 25.0 Å². The zero-order valence-corrected chi connectivity index (χ0v) is 13.1. The van der Waals surface area contributed by atoms with Crippen molar-refractivity contribution >= 4 is 28.4 Å². The fourth-order valence-corrected chi connectivity index (χ4v) is 3.07. The van der Waals surface area contributed by atoms with Gasteiger partial charge >= 0.3 is 0 Å². The van der Waals surface area contributed by atoms with Crippen LogP contribution in [-0.4, -0.2) is 15.9 Å². The number of nitrogens with one attached hydrogen (secondary N) is 1. The summed E-state index contributed by atoms with van der Waals surface area (Å²) in [5.41, 5.74) is 1.29. The van der Waals surface area contributed by atoms with Crippen molar-refractivity contribution in [2.24, 2.45) is 5.92 Å². The standard InChI is InChI=1S/C14H19N3S2/c1-10(2)8-15-14-16-13(17-19-14)9-18-12-6-4-5-11(3)7-12/h4-7,10H,8-9H2,1-3H3,(H,15,16,17). The fourth-order valence-electron chi connectivity index (χ4n) is 1.53. The molecule has 1 aromatic heterocycles. The lowest BCUT2D eigenvalue weighted by atomic mass is 10.2. The van der Waals surface area contributed by atoms with E-state index >= 15 is 0 Å². The van der Waals surface area contributed by atoms with Crippen LogP contribution in [0.4, 0.5) is 5.13 Å². The van der Waals surface area contributed by atoms with Gasteiger partial charge in [0.15, 0.2) is 5.82 Å². The van der Waals surface area contributed by atoms with E-state index < -0.39 is 0 Å². The van der Waals surface area contributed by atoms with Gasteiger partial charge in [0.2, 0.25) is 5.13 Å². The van der Waals surface area contributed by atoms with Crippen molar-refractivity contribution in [1.82, 2.24) is 9.36 Å². The van der Waals surface area contributed by atoms with E-state index in [0.29, 0.717) is 5.92 Å². The number of aromatic nitrogens is 2. The molecule has 19 heavy (non-hydrogen) atoms. The first-order chi connectivity index (χ1) is 9.13. The molecule has 0 aliphatic rings. The number of hydrogen-bond donors (Lipinski definition) is 1. The van der Waals surface area contributed by atoms with Crippen LogP contribution in [-0.2, 0) is 5.75 Å². The minimum absolute atomic E-state index is 0.619. The van der Waals surface area contributed by atoms with Crippen LogP contribution in [0, 0.1) is 12.8 Å². The number of aryl methyl sites for hydroxylation is 1. The number of rotatable bonds is 6. The lowest BCUT2D eigenvalue weighted by molar-refractivity contribution is 0.688. The van der Waals surface area contributed by atoms with Crippen molar-refractivity contribution in [2.75, 3.05) is 11.9 Å². The predicted molar refractivity (Wildman–Crippen MR) is 84.0 cm³/mol. The zero-order valence-electron chi connectivity index (χ0n) is 11.5. The summed E-state index contributed by atoms with van der Waals surface area (Å²) in [5.74, 6) is 2.35. The van der Waals surface area contributed by atoms with E-state index in [1.165, 1.54) is 22.0 Å². The smallest absolute Gasteiger partial charge is 0.202 e. The molecule has 1 aromatic carbocycles. The molecular formula is C14H19N3S2. The summed E-state index contributed by atoms with van der Waals surface area (Å²) in [7, 11) is 0. The first-order valence-electron chi connectivity index (χ1n) is 6.39. The maximum atomic E-state index is 4.50. The SMILES string of the molecule is Cc1cccc(SCc2nsc(NCC(C)C)n2)c1. The molecular weight excluding hydrogens is 274 g/mol. The first kappa shape index (κ1) is 14.3. The largest absolute Gasteiger partial charge is 0.360 e. The lowest BCUT2D eigenvalue weighted by Crippen LogP contribution is -2.07. The molecule has 0 bridgehead atoms. The van der Waals surface area contributed by atoms with Crippen LogP contribution >= 0.6 is 23.3 Å². The Hall–Kier alpha value is -1.07. The Bertz CT molecular complexity index is 523. The van der Waals surface area contributed by atoms with E-state index in [2.05, 4.69) is 59.7 Å². The van der Waals surface area contributed by atoms with Crippen LogP contribution in [0.3, 0.4) is 0 Å². The molecule has 0 radical (unpaired) electrons. The molecule has 0 amide bonds. The van der Waals surface area contributed by atoms with Gasteiger partial charge in [0.1, 0.15) is 0 Å². The fraction of sp³-hybridized carbons (Fsp3) is 0.429. The Labute approximate surface area is 123 Å². The Morgan fingerprint density at radius 2 is 2.21 bits per heavy atom. The van der Waals surface area contributed by atoms with Gasteiger partial charge in [-0.3, -0.25) is 0 Å². The Morgan fingerprint density at radius 1 is 1.37 bits per heavy atom. The van der Waals surface area contributed by atoms with E-state index in [1.54, 1.807) is 11.8 Å². The highest BCUT2D eigenvalue weighted by Gasteiger charge is 2.05. The van der Waals surface area contributed by atoms with Crippen LogP contribution in [0.1, 0.15) is 25.2 Å². The van der Waals surface area contributed by atoms with E-state index in [-0.39, 0.29) is 0 Å². The Kier molecular flexibility index (Phi) is 5.22. The Balaban J connectivity index is 1.86. The summed E-state index contributed by atoms with van der Waals surface area (Å²) in [6, 6.07) is 8.51. The van der Waals surface area contributed by atoms with Gasteiger partial charge in [-0.25, -0.2) is 4.98 Å². The second kappa shape index (κ2) is 6.91. The molecule has 2 rings (SSSR count). The molecule has 102 valence electrons. The number of benzene rings is 1. The normalized spacial score (nSPS) is 10.9. The average molecular weight is 293 g/mol.